The predicted molar refractivity (Wildman–Crippen MR) is 124 cm³/mol. The average molecular weight is 480 g/mol. The van der Waals surface area contributed by atoms with Gasteiger partial charge in [0, 0.05) is 31.9 Å². The fourth-order valence-electron chi connectivity index (χ4n) is 3.36. The van der Waals surface area contributed by atoms with E-state index in [1.165, 1.54) is 7.11 Å². The molecule has 1 aliphatic heterocycles. The van der Waals surface area contributed by atoms with Crippen LogP contribution in [0.2, 0.25) is 0 Å². The van der Waals surface area contributed by atoms with Crippen molar-refractivity contribution < 1.29 is 14.3 Å². The van der Waals surface area contributed by atoms with E-state index in [-0.39, 0.29) is 18.1 Å². The van der Waals surface area contributed by atoms with E-state index in [0.29, 0.717) is 34.6 Å². The number of nitriles is 1. The first-order valence-corrected chi connectivity index (χ1v) is 10.5. The molecule has 1 aliphatic rings. The third kappa shape index (κ3) is 5.39. The van der Waals surface area contributed by atoms with Crippen LogP contribution in [-0.2, 0) is 4.79 Å². The molecule has 0 saturated carbocycles. The number of amides is 1. The second kappa shape index (κ2) is 10.6. The first-order valence-electron chi connectivity index (χ1n) is 9.72. The number of para-hydroxylation sites is 1. The maximum atomic E-state index is 13.0. The Morgan fingerprint density at radius 3 is 2.55 bits per heavy atom. The maximum absolute atomic E-state index is 13.0. The molecule has 0 aromatic heterocycles. The summed E-state index contributed by atoms with van der Waals surface area (Å²) in [6, 6.07) is 15.6. The van der Waals surface area contributed by atoms with Crippen LogP contribution in [0.1, 0.15) is 5.56 Å². The normalized spacial score (nSPS) is 13.9. The molecule has 3 rings (SSSR count). The van der Waals surface area contributed by atoms with Gasteiger partial charge in [0.25, 0.3) is 5.91 Å². The molecule has 1 fully saturated rings. The van der Waals surface area contributed by atoms with E-state index in [9.17, 15) is 10.1 Å². The summed E-state index contributed by atoms with van der Waals surface area (Å²) in [7, 11) is 1.51. The third-order valence-electron chi connectivity index (χ3n) is 4.90. The van der Waals surface area contributed by atoms with E-state index in [1.54, 1.807) is 23.1 Å². The molecule has 0 unspecified atom stereocenters. The molecule has 7 heteroatoms. The van der Waals surface area contributed by atoms with Gasteiger partial charge in [0.2, 0.25) is 0 Å². The molecule has 2 aromatic rings. The molecule has 0 N–H and O–H groups in total. The molecule has 158 valence electrons. The van der Waals surface area contributed by atoms with Gasteiger partial charge in [-0.05, 0) is 51.8 Å². The van der Waals surface area contributed by atoms with Crippen molar-refractivity contribution in [2.45, 2.75) is 0 Å². The number of halogens is 1. The van der Waals surface area contributed by atoms with Crippen molar-refractivity contribution >= 4 is 33.6 Å². The summed E-state index contributed by atoms with van der Waals surface area (Å²) in [5.74, 6) is 3.06. The maximum Gasteiger partial charge on any atom is 0.264 e. The second-order valence-corrected chi connectivity index (χ2v) is 7.67. The van der Waals surface area contributed by atoms with Crippen molar-refractivity contribution in [1.82, 2.24) is 4.90 Å². The molecule has 0 aliphatic carbocycles. The Bertz CT molecular complexity index is 1050. The third-order valence-corrected chi connectivity index (χ3v) is 5.49. The van der Waals surface area contributed by atoms with E-state index in [0.717, 1.165) is 18.8 Å². The first kappa shape index (κ1) is 22.3. The molecule has 2 aromatic carbocycles. The van der Waals surface area contributed by atoms with Crippen LogP contribution < -0.4 is 14.4 Å². The first-order chi connectivity index (χ1) is 15.1. The molecular weight excluding hydrogens is 458 g/mol. The zero-order chi connectivity index (χ0) is 22.2. The quantitative estimate of drug-likeness (QED) is 0.358. The van der Waals surface area contributed by atoms with Crippen molar-refractivity contribution in [3.05, 3.63) is 58.1 Å². The van der Waals surface area contributed by atoms with Gasteiger partial charge in [0.1, 0.15) is 18.2 Å². The van der Waals surface area contributed by atoms with Crippen LogP contribution in [0.25, 0.3) is 6.08 Å². The number of anilines is 1. The number of hydrogen-bond donors (Lipinski definition) is 0. The van der Waals surface area contributed by atoms with E-state index in [2.05, 4.69) is 38.9 Å². The van der Waals surface area contributed by atoms with Crippen molar-refractivity contribution in [3.8, 4) is 29.9 Å². The number of carbonyl (C=O) groups excluding carboxylic acids is 1. The lowest BCUT2D eigenvalue weighted by Gasteiger charge is -2.36. The van der Waals surface area contributed by atoms with Gasteiger partial charge in [-0.1, -0.05) is 24.1 Å². The van der Waals surface area contributed by atoms with Gasteiger partial charge in [-0.25, -0.2) is 0 Å². The number of benzene rings is 2. The SMILES string of the molecule is C#CCOc1c(Br)cc(/C=C(/C#N)C(=O)N2CCN(c3ccccc3)CC2)cc1OC. The zero-order valence-corrected chi connectivity index (χ0v) is 18.8. The number of methoxy groups -OCH3 is 1. The molecule has 31 heavy (non-hydrogen) atoms. The predicted octanol–water partition coefficient (Wildman–Crippen LogP) is 3.73. The molecule has 1 heterocycles. The summed E-state index contributed by atoms with van der Waals surface area (Å²) in [5, 5.41) is 9.62. The Balaban J connectivity index is 1.75. The van der Waals surface area contributed by atoms with Gasteiger partial charge in [0.05, 0.1) is 11.6 Å². The highest BCUT2D eigenvalue weighted by Gasteiger charge is 2.24. The smallest absolute Gasteiger partial charge is 0.264 e. The molecule has 0 atom stereocenters. The molecule has 0 spiro atoms. The summed E-state index contributed by atoms with van der Waals surface area (Å²) in [6.07, 6.45) is 6.82. The van der Waals surface area contributed by atoms with Crippen molar-refractivity contribution in [2.24, 2.45) is 0 Å². The topological polar surface area (TPSA) is 65.8 Å². The molecule has 1 amide bonds. The van der Waals surface area contributed by atoms with Crippen molar-refractivity contribution in [3.63, 3.8) is 0 Å². The van der Waals surface area contributed by atoms with Gasteiger partial charge in [0.15, 0.2) is 11.5 Å². The highest BCUT2D eigenvalue weighted by Crippen LogP contribution is 2.37. The van der Waals surface area contributed by atoms with Gasteiger partial charge in [-0.2, -0.15) is 5.26 Å². The van der Waals surface area contributed by atoms with Crippen LogP contribution in [-0.4, -0.2) is 50.7 Å². The largest absolute Gasteiger partial charge is 0.493 e. The standard InChI is InChI=1S/C24H22BrN3O3/c1-3-13-31-23-21(25)15-18(16-22(23)30-2)14-19(17-26)24(29)28-11-9-27(10-12-28)20-7-5-4-6-8-20/h1,4-8,14-16H,9-13H2,2H3/b19-14-. The van der Waals surface area contributed by atoms with E-state index in [1.807, 2.05) is 24.3 Å². The van der Waals surface area contributed by atoms with Gasteiger partial charge in [-0.3, -0.25) is 4.79 Å². The lowest BCUT2D eigenvalue weighted by atomic mass is 10.1. The Morgan fingerprint density at radius 1 is 1.23 bits per heavy atom. The number of piperazine rings is 1. The number of carbonyl (C=O) groups is 1. The van der Waals surface area contributed by atoms with Gasteiger partial charge < -0.3 is 19.3 Å². The highest BCUT2D eigenvalue weighted by molar-refractivity contribution is 9.10. The van der Waals surface area contributed by atoms with Crippen LogP contribution in [0, 0.1) is 23.7 Å². The Labute approximate surface area is 190 Å². The molecule has 0 radical (unpaired) electrons. The van der Waals surface area contributed by atoms with E-state index < -0.39 is 0 Å². The van der Waals surface area contributed by atoms with E-state index in [4.69, 9.17) is 15.9 Å². The highest BCUT2D eigenvalue weighted by atomic mass is 79.9. The van der Waals surface area contributed by atoms with Crippen molar-refractivity contribution in [2.75, 3.05) is 44.8 Å². The number of hydrogen-bond acceptors (Lipinski definition) is 5. The lowest BCUT2D eigenvalue weighted by molar-refractivity contribution is -0.126. The Kier molecular flexibility index (Phi) is 7.59. The number of ether oxygens (including phenoxy) is 2. The minimum atomic E-state index is -0.280. The van der Waals surface area contributed by atoms with Gasteiger partial charge >= 0.3 is 0 Å². The molecule has 1 saturated heterocycles. The Hall–Kier alpha value is -3.42. The summed E-state index contributed by atoms with van der Waals surface area (Å²) in [5.41, 5.74) is 1.85. The molecule has 0 bridgehead atoms. The van der Waals surface area contributed by atoms with Crippen LogP contribution in [0.4, 0.5) is 5.69 Å². The number of rotatable bonds is 6. The Morgan fingerprint density at radius 2 is 1.94 bits per heavy atom. The summed E-state index contributed by atoms with van der Waals surface area (Å²) in [4.78, 5) is 16.9. The fraction of sp³-hybridized carbons (Fsp3) is 0.250. The van der Waals surface area contributed by atoms with Crippen molar-refractivity contribution in [1.29, 1.82) is 5.26 Å². The molecule has 6 nitrogen and oxygen atoms in total. The number of terminal acetylenes is 1. The molecular formula is C24H22BrN3O3. The minimum Gasteiger partial charge on any atom is -0.493 e. The summed E-state index contributed by atoms with van der Waals surface area (Å²) in [6.45, 7) is 2.64. The minimum absolute atomic E-state index is 0.0689. The van der Waals surface area contributed by atoms with E-state index >= 15 is 0 Å². The summed E-state index contributed by atoms with van der Waals surface area (Å²) >= 11 is 3.44. The van der Waals surface area contributed by atoms with Crippen LogP contribution >= 0.6 is 15.9 Å². The monoisotopic (exact) mass is 479 g/mol. The lowest BCUT2D eigenvalue weighted by Crippen LogP contribution is -2.49. The van der Waals surface area contributed by atoms with Gasteiger partial charge in [-0.15, -0.1) is 6.42 Å². The summed E-state index contributed by atoms with van der Waals surface area (Å²) < 4.78 is 11.5. The second-order valence-electron chi connectivity index (χ2n) is 6.81. The fourth-order valence-corrected chi connectivity index (χ4v) is 3.94. The average Bonchev–Trinajstić information content (AvgIpc) is 2.81. The van der Waals surface area contributed by atoms with Crippen LogP contribution in [0.3, 0.4) is 0 Å². The van der Waals surface area contributed by atoms with Crippen LogP contribution in [0.5, 0.6) is 11.5 Å². The number of nitrogens with zero attached hydrogens (tertiary/aromatic N) is 3. The van der Waals surface area contributed by atoms with Crippen LogP contribution in [0.15, 0.2) is 52.5 Å². The zero-order valence-electron chi connectivity index (χ0n) is 17.2.